The van der Waals surface area contributed by atoms with Gasteiger partial charge < -0.3 is 14.6 Å². The molecule has 0 radical (unpaired) electrons. The second kappa shape index (κ2) is 9.51. The van der Waals surface area contributed by atoms with Gasteiger partial charge in [-0.25, -0.2) is 4.79 Å². The van der Waals surface area contributed by atoms with Gasteiger partial charge in [-0.3, -0.25) is 9.79 Å². The second-order valence-corrected chi connectivity index (χ2v) is 9.17. The number of hydrogen-bond donors (Lipinski definition) is 1. The summed E-state index contributed by atoms with van der Waals surface area (Å²) in [5.41, 5.74) is 3.47. The average Bonchev–Trinajstić information content (AvgIpc) is 2.81. The van der Waals surface area contributed by atoms with E-state index < -0.39 is 17.8 Å². The molecule has 0 saturated heterocycles. The van der Waals surface area contributed by atoms with Crippen LogP contribution in [0.3, 0.4) is 0 Å². The Morgan fingerprint density at radius 1 is 1.15 bits per heavy atom. The Labute approximate surface area is 201 Å². The summed E-state index contributed by atoms with van der Waals surface area (Å²) < 4.78 is 11.1. The van der Waals surface area contributed by atoms with Crippen LogP contribution in [0.15, 0.2) is 63.2 Å². The van der Waals surface area contributed by atoms with Crippen LogP contribution in [0.2, 0.25) is 0 Å². The Balaban J connectivity index is 1.84. The zero-order valence-corrected chi connectivity index (χ0v) is 20.4. The number of aromatic hydroxyl groups is 1. The molecular weight excluding hydrogens is 486 g/mol. The van der Waals surface area contributed by atoms with Crippen LogP contribution in [0.1, 0.15) is 49.7 Å². The molecule has 0 aromatic heterocycles. The predicted octanol–water partition coefficient (Wildman–Crippen LogP) is 5.30. The van der Waals surface area contributed by atoms with E-state index in [9.17, 15) is 14.7 Å². The number of phenolic OH excluding ortho intramolecular Hbond substituents is 1. The van der Waals surface area contributed by atoms with Gasteiger partial charge in [-0.2, -0.15) is 0 Å². The number of phenols is 1. The van der Waals surface area contributed by atoms with Gasteiger partial charge in [-0.15, -0.1) is 0 Å². The van der Waals surface area contributed by atoms with Crippen LogP contribution in [0.25, 0.3) is 0 Å². The van der Waals surface area contributed by atoms with Gasteiger partial charge in [0.05, 0.1) is 29.7 Å². The van der Waals surface area contributed by atoms with Crippen LogP contribution < -0.4 is 4.74 Å². The van der Waals surface area contributed by atoms with Crippen LogP contribution in [-0.4, -0.2) is 36.3 Å². The van der Waals surface area contributed by atoms with Gasteiger partial charge in [-0.1, -0.05) is 30.3 Å². The molecule has 172 valence electrons. The largest absolute Gasteiger partial charge is 0.503 e. The number of rotatable bonds is 5. The number of methoxy groups -OCH3 is 1. The number of hydrogen-bond acceptors (Lipinski definition) is 6. The third-order valence-electron chi connectivity index (χ3n) is 6.34. The van der Waals surface area contributed by atoms with Gasteiger partial charge >= 0.3 is 5.97 Å². The molecule has 2 aromatic rings. The van der Waals surface area contributed by atoms with Crippen LogP contribution in [-0.2, 0) is 14.3 Å². The van der Waals surface area contributed by atoms with Crippen LogP contribution in [0.5, 0.6) is 11.5 Å². The van der Waals surface area contributed by atoms with E-state index >= 15 is 0 Å². The van der Waals surface area contributed by atoms with Crippen molar-refractivity contribution in [2.75, 3.05) is 13.7 Å². The summed E-state index contributed by atoms with van der Waals surface area (Å²) in [6, 6.07) is 13.4. The third-order valence-corrected chi connectivity index (χ3v) is 6.94. The van der Waals surface area contributed by atoms with E-state index in [0.29, 0.717) is 46.5 Å². The number of nitrogens with zero attached hydrogens (tertiary/aromatic N) is 1. The van der Waals surface area contributed by atoms with Gasteiger partial charge in [0, 0.05) is 23.7 Å². The average molecular weight is 512 g/mol. The molecule has 0 spiro atoms. The summed E-state index contributed by atoms with van der Waals surface area (Å²) in [6.45, 7) is 3.96. The topological polar surface area (TPSA) is 85.2 Å². The number of aliphatic imine (C=N–C) groups is 1. The minimum atomic E-state index is -0.578. The first-order valence-corrected chi connectivity index (χ1v) is 11.7. The van der Waals surface area contributed by atoms with Gasteiger partial charge in [-0.05, 0) is 65.4 Å². The molecule has 1 saturated carbocycles. The Bertz CT molecular complexity index is 1150. The van der Waals surface area contributed by atoms with Gasteiger partial charge in [0.25, 0.3) is 0 Å². The highest BCUT2D eigenvalue weighted by Crippen LogP contribution is 2.48. The normalized spacial score (nSPS) is 22.5. The summed E-state index contributed by atoms with van der Waals surface area (Å²) in [7, 11) is 1.32. The molecular formula is C26H26BrNO5. The summed E-state index contributed by atoms with van der Waals surface area (Å²) in [4.78, 5) is 31.1. The predicted molar refractivity (Wildman–Crippen MR) is 129 cm³/mol. The lowest BCUT2D eigenvalue weighted by atomic mass is 9.66. The summed E-state index contributed by atoms with van der Waals surface area (Å²) in [6.07, 6.45) is 1.01. The minimum absolute atomic E-state index is 0.0234. The molecule has 6 nitrogen and oxygen atoms in total. The summed E-state index contributed by atoms with van der Waals surface area (Å²) in [5.74, 6) is -1.32. The summed E-state index contributed by atoms with van der Waals surface area (Å²) >= 11 is 3.39. The molecule has 1 fully saturated rings. The molecule has 1 aliphatic carbocycles. The number of halogens is 1. The fraction of sp³-hybridized carbons (Fsp3) is 0.346. The highest BCUT2D eigenvalue weighted by Gasteiger charge is 2.46. The molecule has 33 heavy (non-hydrogen) atoms. The fourth-order valence-corrected chi connectivity index (χ4v) is 5.37. The van der Waals surface area contributed by atoms with Crippen molar-refractivity contribution in [3.8, 4) is 11.5 Å². The third kappa shape index (κ3) is 4.34. The van der Waals surface area contributed by atoms with E-state index in [1.807, 2.05) is 37.3 Å². The second-order valence-electron chi connectivity index (χ2n) is 8.31. The molecule has 0 bridgehead atoms. The number of Topliss-reactive ketones (excluding diaryl/α,β-unsaturated/α-hetero) is 1. The first-order chi connectivity index (χ1) is 15.8. The van der Waals surface area contributed by atoms with Gasteiger partial charge in [0.1, 0.15) is 5.78 Å². The van der Waals surface area contributed by atoms with E-state index in [4.69, 9.17) is 14.5 Å². The van der Waals surface area contributed by atoms with Crippen molar-refractivity contribution in [2.45, 2.75) is 38.5 Å². The van der Waals surface area contributed by atoms with Crippen molar-refractivity contribution in [2.24, 2.45) is 10.9 Å². The standard InChI is InChI=1S/C26H26BrNO5/c1-4-33-21-13-17(10-18(27)25(21)30)23-22(26(31)32-3)14(2)28-19-11-16(12-20(29)24(19)23)15-8-6-5-7-9-15/h5-10,13,16,23-24,30H,4,11-12H2,1-3H3/t16-,23+,24?/m1/s1. The number of carbonyl (C=O) groups excluding carboxylic acids is 2. The van der Waals surface area contributed by atoms with Crippen molar-refractivity contribution in [1.82, 2.24) is 0 Å². The zero-order valence-electron chi connectivity index (χ0n) is 18.8. The number of allylic oxidation sites excluding steroid dienone is 1. The number of esters is 1. The molecule has 4 rings (SSSR count). The molecule has 2 aliphatic rings. The van der Waals surface area contributed by atoms with Crippen molar-refractivity contribution >= 4 is 33.4 Å². The molecule has 1 N–H and O–H groups in total. The quantitative estimate of drug-likeness (QED) is 0.550. The van der Waals surface area contributed by atoms with E-state index in [2.05, 4.69) is 15.9 Å². The van der Waals surface area contributed by atoms with Gasteiger partial charge in [0.15, 0.2) is 11.5 Å². The monoisotopic (exact) mass is 511 g/mol. The number of ether oxygens (including phenoxy) is 2. The van der Waals surface area contributed by atoms with Crippen molar-refractivity contribution < 1.29 is 24.2 Å². The van der Waals surface area contributed by atoms with Crippen molar-refractivity contribution in [3.63, 3.8) is 0 Å². The van der Waals surface area contributed by atoms with E-state index in [1.54, 1.807) is 19.1 Å². The van der Waals surface area contributed by atoms with Crippen LogP contribution in [0.4, 0.5) is 0 Å². The molecule has 2 aromatic carbocycles. The Morgan fingerprint density at radius 2 is 1.88 bits per heavy atom. The fourth-order valence-electron chi connectivity index (χ4n) is 4.91. The van der Waals surface area contributed by atoms with Crippen LogP contribution >= 0.6 is 15.9 Å². The zero-order chi connectivity index (χ0) is 23.7. The van der Waals surface area contributed by atoms with E-state index in [-0.39, 0.29) is 17.5 Å². The number of carbonyl (C=O) groups is 2. The molecule has 1 heterocycles. The Hall–Kier alpha value is -2.93. The maximum Gasteiger partial charge on any atom is 0.336 e. The highest BCUT2D eigenvalue weighted by atomic mass is 79.9. The summed E-state index contributed by atoms with van der Waals surface area (Å²) in [5, 5.41) is 10.4. The lowest BCUT2D eigenvalue weighted by Gasteiger charge is -2.38. The molecule has 7 heteroatoms. The van der Waals surface area contributed by atoms with Crippen LogP contribution in [0, 0.1) is 5.92 Å². The van der Waals surface area contributed by atoms with E-state index in [0.717, 1.165) is 11.3 Å². The number of benzene rings is 2. The Morgan fingerprint density at radius 3 is 2.55 bits per heavy atom. The van der Waals surface area contributed by atoms with E-state index in [1.165, 1.54) is 7.11 Å². The lowest BCUT2D eigenvalue weighted by molar-refractivity contribution is -0.136. The SMILES string of the molecule is CCOc1cc([C@H]2C(C(=O)OC)=C(C)N=C3C[C@@H](c4ccccc4)CC(=O)C32)cc(Br)c1O. The van der Waals surface area contributed by atoms with Crippen molar-refractivity contribution in [3.05, 3.63) is 69.3 Å². The molecule has 3 atom stereocenters. The molecule has 1 unspecified atom stereocenters. The van der Waals surface area contributed by atoms with Crippen molar-refractivity contribution in [1.29, 1.82) is 0 Å². The maximum absolute atomic E-state index is 13.6. The molecule has 0 amide bonds. The molecule has 1 aliphatic heterocycles. The maximum atomic E-state index is 13.6. The first kappa shape index (κ1) is 23.2. The highest BCUT2D eigenvalue weighted by molar-refractivity contribution is 9.10. The Kier molecular flexibility index (Phi) is 6.70. The minimum Gasteiger partial charge on any atom is -0.503 e. The smallest absolute Gasteiger partial charge is 0.336 e. The number of fused-ring (bicyclic) bond motifs is 1. The first-order valence-electron chi connectivity index (χ1n) is 10.9. The van der Waals surface area contributed by atoms with Gasteiger partial charge in [0.2, 0.25) is 0 Å². The number of ketones is 1. The lowest BCUT2D eigenvalue weighted by Crippen LogP contribution is -2.41.